The summed E-state index contributed by atoms with van der Waals surface area (Å²) in [7, 11) is 0. The highest BCUT2D eigenvalue weighted by Crippen LogP contribution is 2.34. The summed E-state index contributed by atoms with van der Waals surface area (Å²) in [6, 6.07) is 13.8. The van der Waals surface area contributed by atoms with Gasteiger partial charge in [-0.3, -0.25) is 0 Å². The Labute approximate surface area is 119 Å². The zero-order valence-corrected chi connectivity index (χ0v) is 11.6. The Morgan fingerprint density at radius 3 is 2.80 bits per heavy atom. The number of halogens is 1. The number of nitrogens with two attached hydrogens (primary N) is 1. The lowest BCUT2D eigenvalue weighted by Crippen LogP contribution is -2.32. The number of benzene rings is 2. The summed E-state index contributed by atoms with van der Waals surface area (Å²) in [6.07, 6.45) is 1.05. The number of aryl methyl sites for hydroxylation is 1. The summed E-state index contributed by atoms with van der Waals surface area (Å²) in [5.74, 6) is -0.161. The Hall–Kier alpha value is -1.87. The van der Waals surface area contributed by atoms with E-state index < -0.39 is 0 Å². The molecule has 1 aliphatic heterocycles. The van der Waals surface area contributed by atoms with E-state index in [4.69, 9.17) is 5.73 Å². The number of nitrogens with zero attached hydrogens (tertiary/aromatic N) is 1. The van der Waals surface area contributed by atoms with Crippen molar-refractivity contribution in [2.24, 2.45) is 5.73 Å². The number of hydrogen-bond acceptors (Lipinski definition) is 2. The molecule has 0 bridgehead atoms. The monoisotopic (exact) mass is 270 g/mol. The molecule has 20 heavy (non-hydrogen) atoms. The van der Waals surface area contributed by atoms with Crippen LogP contribution in [0.2, 0.25) is 0 Å². The molecule has 2 aromatic rings. The molecular formula is C17H19FN2. The maximum Gasteiger partial charge on any atom is 0.126 e. The van der Waals surface area contributed by atoms with E-state index in [9.17, 15) is 4.39 Å². The zero-order valence-electron chi connectivity index (χ0n) is 11.6. The normalized spacial score (nSPS) is 15.2. The highest BCUT2D eigenvalue weighted by atomic mass is 19.1. The molecule has 0 aromatic heterocycles. The van der Waals surface area contributed by atoms with Crippen molar-refractivity contribution in [1.29, 1.82) is 0 Å². The number of fused-ring (bicyclic) bond motifs is 1. The van der Waals surface area contributed by atoms with E-state index in [1.54, 1.807) is 6.92 Å². The van der Waals surface area contributed by atoms with Crippen LogP contribution in [0.5, 0.6) is 0 Å². The van der Waals surface area contributed by atoms with Gasteiger partial charge in [0.15, 0.2) is 0 Å². The molecule has 2 nitrogen and oxygen atoms in total. The molecule has 1 aliphatic rings. The zero-order chi connectivity index (χ0) is 14.1. The minimum atomic E-state index is -0.161. The molecule has 0 saturated heterocycles. The van der Waals surface area contributed by atoms with Gasteiger partial charge in [0.05, 0.1) is 6.04 Å². The molecule has 1 atom stereocenters. The molecule has 0 amide bonds. The van der Waals surface area contributed by atoms with Gasteiger partial charge in [0, 0.05) is 18.8 Å². The number of rotatable bonds is 3. The van der Waals surface area contributed by atoms with E-state index in [0.29, 0.717) is 12.1 Å². The average molecular weight is 270 g/mol. The van der Waals surface area contributed by atoms with Crippen LogP contribution in [0.4, 0.5) is 10.1 Å². The fourth-order valence-corrected chi connectivity index (χ4v) is 3.01. The highest BCUT2D eigenvalue weighted by Gasteiger charge is 2.26. The van der Waals surface area contributed by atoms with Crippen LogP contribution in [-0.2, 0) is 6.42 Å². The van der Waals surface area contributed by atoms with Crippen molar-refractivity contribution in [2.45, 2.75) is 19.4 Å². The molecule has 0 fully saturated rings. The van der Waals surface area contributed by atoms with Gasteiger partial charge in [0.25, 0.3) is 0 Å². The molecule has 2 aromatic carbocycles. The van der Waals surface area contributed by atoms with E-state index in [0.717, 1.165) is 18.5 Å². The standard InChI is InChI=1S/C17H19FN2/c1-12-10-14(6-7-15(12)18)17(11-19)20-9-8-13-4-2-3-5-16(13)20/h2-7,10,17H,8-9,11,19H2,1H3. The van der Waals surface area contributed by atoms with Crippen LogP contribution in [0.3, 0.4) is 0 Å². The lowest BCUT2D eigenvalue weighted by atomic mass is 10.0. The van der Waals surface area contributed by atoms with Gasteiger partial charge >= 0.3 is 0 Å². The van der Waals surface area contributed by atoms with E-state index in [1.807, 2.05) is 12.1 Å². The Bertz CT molecular complexity index is 624. The van der Waals surface area contributed by atoms with E-state index in [-0.39, 0.29) is 11.9 Å². The summed E-state index contributed by atoms with van der Waals surface area (Å²) in [6.45, 7) is 3.29. The molecular weight excluding hydrogens is 251 g/mol. The predicted octanol–water partition coefficient (Wildman–Crippen LogP) is 3.20. The van der Waals surface area contributed by atoms with Gasteiger partial charge in [-0.1, -0.05) is 30.3 Å². The third kappa shape index (κ3) is 2.18. The first-order valence-corrected chi connectivity index (χ1v) is 7.01. The highest BCUT2D eigenvalue weighted by molar-refractivity contribution is 5.59. The predicted molar refractivity (Wildman–Crippen MR) is 80.4 cm³/mol. The summed E-state index contributed by atoms with van der Waals surface area (Å²) in [5, 5.41) is 0. The average Bonchev–Trinajstić information content (AvgIpc) is 2.88. The van der Waals surface area contributed by atoms with Crippen molar-refractivity contribution in [3.63, 3.8) is 0 Å². The molecule has 0 radical (unpaired) electrons. The molecule has 104 valence electrons. The summed E-state index contributed by atoms with van der Waals surface area (Å²) in [5.41, 5.74) is 10.4. The van der Waals surface area contributed by atoms with Crippen LogP contribution in [0.25, 0.3) is 0 Å². The van der Waals surface area contributed by atoms with Gasteiger partial charge < -0.3 is 10.6 Å². The molecule has 0 saturated carbocycles. The molecule has 0 aliphatic carbocycles. The Balaban J connectivity index is 1.97. The van der Waals surface area contributed by atoms with E-state index in [1.165, 1.54) is 17.3 Å². The van der Waals surface area contributed by atoms with Gasteiger partial charge in [-0.05, 0) is 42.2 Å². The maximum atomic E-state index is 13.4. The lowest BCUT2D eigenvalue weighted by molar-refractivity contribution is 0.610. The van der Waals surface area contributed by atoms with Crippen LogP contribution in [-0.4, -0.2) is 13.1 Å². The quantitative estimate of drug-likeness (QED) is 0.928. The third-order valence-electron chi connectivity index (χ3n) is 4.09. The molecule has 3 heteroatoms. The van der Waals surface area contributed by atoms with Gasteiger partial charge in [0.2, 0.25) is 0 Å². The van der Waals surface area contributed by atoms with Crippen LogP contribution in [0, 0.1) is 12.7 Å². The number of hydrogen-bond donors (Lipinski definition) is 1. The largest absolute Gasteiger partial charge is 0.363 e. The SMILES string of the molecule is Cc1cc(C(CN)N2CCc3ccccc32)ccc1F. The minimum Gasteiger partial charge on any atom is -0.363 e. The maximum absolute atomic E-state index is 13.4. The number of anilines is 1. The third-order valence-corrected chi connectivity index (χ3v) is 4.09. The van der Waals surface area contributed by atoms with Crippen molar-refractivity contribution >= 4 is 5.69 Å². The van der Waals surface area contributed by atoms with Gasteiger partial charge in [-0.25, -0.2) is 4.39 Å². The summed E-state index contributed by atoms with van der Waals surface area (Å²) < 4.78 is 13.4. The molecule has 3 rings (SSSR count). The van der Waals surface area contributed by atoms with Crippen molar-refractivity contribution in [3.8, 4) is 0 Å². The van der Waals surface area contributed by atoms with Crippen molar-refractivity contribution in [3.05, 3.63) is 65.0 Å². The Morgan fingerprint density at radius 2 is 2.05 bits per heavy atom. The van der Waals surface area contributed by atoms with Crippen molar-refractivity contribution in [1.82, 2.24) is 0 Å². The summed E-state index contributed by atoms with van der Waals surface area (Å²) >= 11 is 0. The van der Waals surface area contributed by atoms with Crippen LogP contribution >= 0.6 is 0 Å². The van der Waals surface area contributed by atoms with Crippen LogP contribution < -0.4 is 10.6 Å². The summed E-state index contributed by atoms with van der Waals surface area (Å²) in [4.78, 5) is 2.34. The molecule has 2 N–H and O–H groups in total. The second-order valence-electron chi connectivity index (χ2n) is 5.33. The van der Waals surface area contributed by atoms with Crippen LogP contribution in [0.15, 0.2) is 42.5 Å². The first kappa shape index (κ1) is 13.1. The van der Waals surface area contributed by atoms with Crippen molar-refractivity contribution < 1.29 is 4.39 Å². The van der Waals surface area contributed by atoms with E-state index in [2.05, 4.69) is 29.2 Å². The first-order valence-electron chi connectivity index (χ1n) is 7.01. The van der Waals surface area contributed by atoms with E-state index >= 15 is 0 Å². The first-order chi connectivity index (χ1) is 9.70. The molecule has 1 unspecified atom stereocenters. The fraction of sp³-hybridized carbons (Fsp3) is 0.294. The topological polar surface area (TPSA) is 29.3 Å². The molecule has 0 spiro atoms. The Kier molecular flexibility index (Phi) is 3.45. The molecule has 1 heterocycles. The minimum absolute atomic E-state index is 0.109. The number of para-hydroxylation sites is 1. The van der Waals surface area contributed by atoms with Gasteiger partial charge in [0.1, 0.15) is 5.82 Å². The van der Waals surface area contributed by atoms with Gasteiger partial charge in [-0.2, -0.15) is 0 Å². The Morgan fingerprint density at radius 1 is 1.25 bits per heavy atom. The van der Waals surface area contributed by atoms with Crippen molar-refractivity contribution in [2.75, 3.05) is 18.0 Å². The fourth-order valence-electron chi connectivity index (χ4n) is 3.01. The smallest absolute Gasteiger partial charge is 0.126 e. The lowest BCUT2D eigenvalue weighted by Gasteiger charge is -2.30. The van der Waals surface area contributed by atoms with Crippen LogP contribution in [0.1, 0.15) is 22.7 Å². The second kappa shape index (κ2) is 5.25. The van der Waals surface area contributed by atoms with Gasteiger partial charge in [-0.15, -0.1) is 0 Å². The second-order valence-corrected chi connectivity index (χ2v) is 5.33.